The van der Waals surface area contributed by atoms with Gasteiger partial charge < -0.3 is 15.8 Å². The van der Waals surface area contributed by atoms with Crippen molar-refractivity contribution in [2.75, 3.05) is 25.1 Å². The van der Waals surface area contributed by atoms with Crippen LogP contribution >= 0.6 is 15.9 Å². The first kappa shape index (κ1) is 13.5. The van der Waals surface area contributed by atoms with Crippen LogP contribution in [0.4, 0.5) is 5.69 Å². The maximum atomic E-state index is 10.4. The predicted molar refractivity (Wildman–Crippen MR) is 67.4 cm³/mol. The van der Waals surface area contributed by atoms with E-state index in [1.807, 2.05) is 6.07 Å². The Hall–Kier alpha value is -1.58. The molecule has 17 heavy (non-hydrogen) atoms. The number of hydrogen-bond acceptors (Lipinski definition) is 4. The molecule has 0 aliphatic carbocycles. The Labute approximate surface area is 108 Å². The molecule has 1 amide bonds. The van der Waals surface area contributed by atoms with E-state index in [1.165, 1.54) is 0 Å². The predicted octanol–water partition coefficient (Wildman–Crippen LogP) is 1.23. The summed E-state index contributed by atoms with van der Waals surface area (Å²) in [5.41, 5.74) is 6.30. The zero-order chi connectivity index (χ0) is 12.7. The van der Waals surface area contributed by atoms with Gasteiger partial charge in [-0.25, -0.2) is 0 Å². The number of carbonyl (C=O) groups excluding carboxylic acids is 1. The monoisotopic (exact) mass is 297 g/mol. The number of ether oxygens (including phenoxy) is 1. The molecule has 0 aromatic heterocycles. The van der Waals surface area contributed by atoms with Crippen molar-refractivity contribution in [1.29, 1.82) is 5.26 Å². The lowest BCUT2D eigenvalue weighted by atomic mass is 10.2. The van der Waals surface area contributed by atoms with Crippen LogP contribution in [-0.2, 0) is 9.53 Å². The number of anilines is 1. The minimum Gasteiger partial charge on any atom is -0.383 e. The van der Waals surface area contributed by atoms with Crippen LogP contribution < -0.4 is 11.1 Å². The van der Waals surface area contributed by atoms with Crippen LogP contribution in [0.25, 0.3) is 0 Å². The Morgan fingerprint density at radius 3 is 2.94 bits per heavy atom. The molecule has 0 unspecified atom stereocenters. The van der Waals surface area contributed by atoms with E-state index in [-0.39, 0.29) is 6.61 Å². The van der Waals surface area contributed by atoms with Crippen LogP contribution in [-0.4, -0.2) is 25.7 Å². The van der Waals surface area contributed by atoms with Crippen molar-refractivity contribution in [3.05, 3.63) is 28.2 Å². The molecule has 0 atom stereocenters. The van der Waals surface area contributed by atoms with Crippen LogP contribution in [0.3, 0.4) is 0 Å². The van der Waals surface area contributed by atoms with Gasteiger partial charge in [0.05, 0.1) is 18.2 Å². The largest absolute Gasteiger partial charge is 0.383 e. The summed E-state index contributed by atoms with van der Waals surface area (Å²) in [7, 11) is 0. The van der Waals surface area contributed by atoms with Gasteiger partial charge in [0.2, 0.25) is 5.91 Å². The maximum Gasteiger partial charge on any atom is 0.243 e. The molecule has 3 N–H and O–H groups in total. The van der Waals surface area contributed by atoms with Crippen molar-refractivity contribution < 1.29 is 9.53 Å². The molecular weight excluding hydrogens is 286 g/mol. The van der Waals surface area contributed by atoms with Gasteiger partial charge in [-0.05, 0) is 18.2 Å². The number of hydrogen-bond donors (Lipinski definition) is 2. The van der Waals surface area contributed by atoms with Crippen molar-refractivity contribution in [1.82, 2.24) is 0 Å². The summed E-state index contributed by atoms with van der Waals surface area (Å²) in [6.45, 7) is 0.829. The van der Waals surface area contributed by atoms with E-state index in [2.05, 4.69) is 27.3 Å². The second-order valence-corrected chi connectivity index (χ2v) is 4.20. The standard InChI is InChI=1S/C11H12BrN3O2/c12-9-3-8(6-13)4-10(5-9)15-1-2-17-7-11(14)16/h3-5,15H,1-2,7H2,(H2,14,16). The van der Waals surface area contributed by atoms with Crippen molar-refractivity contribution >= 4 is 27.5 Å². The fraction of sp³-hybridized carbons (Fsp3) is 0.273. The molecule has 0 radical (unpaired) electrons. The lowest BCUT2D eigenvalue weighted by molar-refractivity contribution is -0.122. The van der Waals surface area contributed by atoms with Gasteiger partial charge >= 0.3 is 0 Å². The van der Waals surface area contributed by atoms with Crippen LogP contribution in [0.1, 0.15) is 5.56 Å². The molecule has 1 rings (SSSR count). The maximum absolute atomic E-state index is 10.4. The fourth-order valence-corrected chi connectivity index (χ4v) is 1.69. The molecule has 5 nitrogen and oxygen atoms in total. The first-order valence-corrected chi connectivity index (χ1v) is 5.71. The van der Waals surface area contributed by atoms with Crippen LogP contribution in [0.2, 0.25) is 0 Å². The summed E-state index contributed by atoms with van der Waals surface area (Å²) in [4.78, 5) is 10.4. The number of halogens is 1. The Bertz CT molecular complexity index is 443. The highest BCUT2D eigenvalue weighted by Gasteiger charge is 1.99. The van der Waals surface area contributed by atoms with Gasteiger partial charge in [0.25, 0.3) is 0 Å². The second kappa shape index (κ2) is 6.89. The minimum absolute atomic E-state index is 0.0798. The van der Waals surface area contributed by atoms with E-state index in [1.54, 1.807) is 12.1 Å². The number of rotatable bonds is 6. The van der Waals surface area contributed by atoms with E-state index in [4.69, 9.17) is 15.7 Å². The quantitative estimate of drug-likeness (QED) is 0.773. The summed E-state index contributed by atoms with van der Waals surface area (Å²) in [5, 5.41) is 11.9. The number of nitriles is 1. The molecule has 0 spiro atoms. The molecular formula is C11H12BrN3O2. The molecule has 0 bridgehead atoms. The highest BCUT2D eigenvalue weighted by atomic mass is 79.9. The Kier molecular flexibility index (Phi) is 5.46. The van der Waals surface area contributed by atoms with E-state index in [0.29, 0.717) is 18.7 Å². The highest BCUT2D eigenvalue weighted by Crippen LogP contribution is 2.18. The molecule has 0 fully saturated rings. The number of amides is 1. The third-order valence-electron chi connectivity index (χ3n) is 1.85. The summed E-state index contributed by atoms with van der Waals surface area (Å²) >= 11 is 3.31. The summed E-state index contributed by atoms with van der Waals surface area (Å²) in [6.07, 6.45) is 0. The second-order valence-electron chi connectivity index (χ2n) is 3.29. The first-order chi connectivity index (χ1) is 8.11. The average Bonchev–Trinajstić information content (AvgIpc) is 2.27. The molecule has 0 aliphatic heterocycles. The summed E-state index contributed by atoms with van der Waals surface area (Å²) in [6, 6.07) is 7.38. The van der Waals surface area contributed by atoms with Gasteiger partial charge in [-0.1, -0.05) is 15.9 Å². The van der Waals surface area contributed by atoms with Crippen molar-refractivity contribution in [2.45, 2.75) is 0 Å². The van der Waals surface area contributed by atoms with Crippen molar-refractivity contribution in [2.24, 2.45) is 5.73 Å². The minimum atomic E-state index is -0.487. The third kappa shape index (κ3) is 5.33. The molecule has 1 aromatic carbocycles. The lowest BCUT2D eigenvalue weighted by Gasteiger charge is -2.07. The van der Waals surface area contributed by atoms with Gasteiger partial charge in [0, 0.05) is 16.7 Å². The Balaban J connectivity index is 2.39. The third-order valence-corrected chi connectivity index (χ3v) is 2.30. The summed E-state index contributed by atoms with van der Waals surface area (Å²) < 4.78 is 5.82. The zero-order valence-electron chi connectivity index (χ0n) is 9.07. The molecule has 6 heteroatoms. The fourth-order valence-electron chi connectivity index (χ4n) is 1.20. The Morgan fingerprint density at radius 1 is 1.53 bits per heavy atom. The summed E-state index contributed by atoms with van der Waals surface area (Å²) in [5.74, 6) is -0.487. The topological polar surface area (TPSA) is 88.1 Å². The molecule has 90 valence electrons. The van der Waals surface area contributed by atoms with E-state index in [9.17, 15) is 4.79 Å². The Morgan fingerprint density at radius 2 is 2.29 bits per heavy atom. The number of benzene rings is 1. The molecule has 0 aliphatic rings. The number of nitrogens with zero attached hydrogens (tertiary/aromatic N) is 1. The molecule has 0 saturated heterocycles. The van der Waals surface area contributed by atoms with Crippen molar-refractivity contribution in [3.63, 3.8) is 0 Å². The number of nitrogens with two attached hydrogens (primary N) is 1. The van der Waals surface area contributed by atoms with Gasteiger partial charge in [0.1, 0.15) is 6.61 Å². The van der Waals surface area contributed by atoms with Gasteiger partial charge in [0.15, 0.2) is 0 Å². The van der Waals surface area contributed by atoms with Crippen molar-refractivity contribution in [3.8, 4) is 6.07 Å². The van der Waals surface area contributed by atoms with Gasteiger partial charge in [-0.15, -0.1) is 0 Å². The zero-order valence-corrected chi connectivity index (χ0v) is 10.7. The van der Waals surface area contributed by atoms with Crippen LogP contribution in [0, 0.1) is 11.3 Å². The number of primary amides is 1. The highest BCUT2D eigenvalue weighted by molar-refractivity contribution is 9.10. The average molecular weight is 298 g/mol. The molecule has 0 heterocycles. The van der Waals surface area contributed by atoms with Crippen LogP contribution in [0.5, 0.6) is 0 Å². The van der Waals surface area contributed by atoms with E-state index in [0.717, 1.165) is 10.2 Å². The van der Waals surface area contributed by atoms with Gasteiger partial charge in [-0.2, -0.15) is 5.26 Å². The van der Waals surface area contributed by atoms with E-state index < -0.39 is 5.91 Å². The normalized spacial score (nSPS) is 9.65. The first-order valence-electron chi connectivity index (χ1n) is 4.92. The lowest BCUT2D eigenvalue weighted by Crippen LogP contribution is -2.20. The smallest absolute Gasteiger partial charge is 0.243 e. The number of carbonyl (C=O) groups is 1. The molecule has 0 saturated carbocycles. The van der Waals surface area contributed by atoms with E-state index >= 15 is 0 Å². The van der Waals surface area contributed by atoms with Crippen LogP contribution in [0.15, 0.2) is 22.7 Å². The number of nitrogens with one attached hydrogen (secondary N) is 1. The molecule has 1 aromatic rings. The SMILES string of the molecule is N#Cc1cc(Br)cc(NCCOCC(N)=O)c1. The van der Waals surface area contributed by atoms with Gasteiger partial charge in [-0.3, -0.25) is 4.79 Å².